The van der Waals surface area contributed by atoms with Crippen LogP contribution in [0.25, 0.3) is 0 Å². The molecule has 0 bridgehead atoms. The number of hydrogen-bond donors (Lipinski definition) is 1. The first kappa shape index (κ1) is 14.9. The third-order valence-electron chi connectivity index (χ3n) is 3.64. The molecule has 1 aliphatic rings. The van der Waals surface area contributed by atoms with Gasteiger partial charge in [0.25, 0.3) is 0 Å². The van der Waals surface area contributed by atoms with Crippen molar-refractivity contribution in [2.24, 2.45) is 0 Å². The fraction of sp³-hybridized carbons (Fsp3) is 0.267. The first-order valence-corrected chi connectivity index (χ1v) is 7.15. The van der Waals surface area contributed by atoms with Crippen LogP contribution in [0.4, 0.5) is 4.39 Å². The number of nitrogens with one attached hydrogen (secondary N) is 1. The Morgan fingerprint density at radius 3 is 3.14 bits per heavy atom. The number of carbonyl (C=O) groups is 1. The monoisotopic (exact) mass is 320 g/mol. The van der Waals surface area contributed by atoms with Crippen molar-refractivity contribution in [3.63, 3.8) is 0 Å². The summed E-state index contributed by atoms with van der Waals surface area (Å²) < 4.78 is 13.5. The molecule has 1 atom stereocenters. The molecule has 5 nitrogen and oxygen atoms in total. The molecule has 1 aromatic heterocycles. The van der Waals surface area contributed by atoms with Crippen LogP contribution in [-0.2, 0) is 17.9 Å². The number of carbonyl (C=O) groups excluding carboxylic acids is 1. The van der Waals surface area contributed by atoms with Crippen LogP contribution in [0.5, 0.6) is 0 Å². The van der Waals surface area contributed by atoms with E-state index >= 15 is 0 Å². The first-order chi connectivity index (χ1) is 10.6. The normalized spacial score (nSPS) is 16.4. The fourth-order valence-corrected chi connectivity index (χ4v) is 2.61. The zero-order chi connectivity index (χ0) is 15.7. The van der Waals surface area contributed by atoms with Crippen molar-refractivity contribution in [2.75, 3.05) is 7.05 Å². The summed E-state index contributed by atoms with van der Waals surface area (Å²) in [5.74, 6) is -0.596. The molecule has 0 saturated carbocycles. The van der Waals surface area contributed by atoms with Gasteiger partial charge in [0.15, 0.2) is 0 Å². The average Bonchev–Trinajstić information content (AvgIpc) is 2.94. The molecule has 1 amide bonds. The van der Waals surface area contributed by atoms with Gasteiger partial charge >= 0.3 is 0 Å². The maximum atomic E-state index is 13.5. The maximum absolute atomic E-state index is 13.5. The van der Waals surface area contributed by atoms with Gasteiger partial charge < -0.3 is 4.90 Å². The summed E-state index contributed by atoms with van der Waals surface area (Å²) in [5.41, 5.74) is 2.31. The molecule has 0 fully saturated rings. The Labute approximate surface area is 132 Å². The summed E-state index contributed by atoms with van der Waals surface area (Å²) in [6.45, 7) is 0.839. The number of rotatable bonds is 3. The van der Waals surface area contributed by atoms with Crippen LogP contribution in [0.3, 0.4) is 0 Å². The van der Waals surface area contributed by atoms with E-state index < -0.39 is 11.9 Å². The van der Waals surface area contributed by atoms with E-state index in [0.717, 1.165) is 11.3 Å². The van der Waals surface area contributed by atoms with Crippen LogP contribution in [-0.4, -0.2) is 27.8 Å². The average molecular weight is 321 g/mol. The Morgan fingerprint density at radius 1 is 1.55 bits per heavy atom. The Kier molecular flexibility index (Phi) is 4.04. The van der Waals surface area contributed by atoms with E-state index in [2.05, 4.69) is 15.3 Å². The topological polar surface area (TPSA) is 58.1 Å². The lowest BCUT2D eigenvalue weighted by molar-refractivity contribution is -0.132. The molecule has 3 rings (SSSR count). The van der Waals surface area contributed by atoms with Crippen molar-refractivity contribution in [1.29, 1.82) is 0 Å². The molecule has 0 saturated heterocycles. The van der Waals surface area contributed by atoms with Crippen molar-refractivity contribution in [2.45, 2.75) is 19.1 Å². The first-order valence-electron chi connectivity index (χ1n) is 6.77. The Balaban J connectivity index is 1.74. The third-order valence-corrected chi connectivity index (χ3v) is 3.95. The number of amides is 1. The van der Waals surface area contributed by atoms with Gasteiger partial charge in [-0.1, -0.05) is 17.7 Å². The number of benzene rings is 1. The largest absolute Gasteiger partial charge is 0.340 e. The van der Waals surface area contributed by atoms with E-state index in [9.17, 15) is 9.18 Å². The van der Waals surface area contributed by atoms with Gasteiger partial charge in [-0.3, -0.25) is 10.1 Å². The molecule has 7 heteroatoms. The van der Waals surface area contributed by atoms with Crippen LogP contribution < -0.4 is 5.32 Å². The van der Waals surface area contributed by atoms with Gasteiger partial charge in [-0.15, -0.1) is 0 Å². The zero-order valence-corrected chi connectivity index (χ0v) is 12.6. The molecule has 2 heterocycles. The van der Waals surface area contributed by atoms with E-state index in [1.54, 1.807) is 24.2 Å². The lowest BCUT2D eigenvalue weighted by atomic mass is 10.1. The minimum Gasteiger partial charge on any atom is -0.340 e. The molecule has 0 aliphatic carbocycles. The molecular formula is C15H14ClFN4O. The molecule has 0 spiro atoms. The van der Waals surface area contributed by atoms with Gasteiger partial charge in [0.2, 0.25) is 5.91 Å². The zero-order valence-electron chi connectivity index (χ0n) is 11.9. The lowest BCUT2D eigenvalue weighted by Crippen LogP contribution is -2.35. The third kappa shape index (κ3) is 2.80. The molecule has 0 radical (unpaired) electrons. The number of fused-ring (bicyclic) bond motifs is 1. The second kappa shape index (κ2) is 5.98. The Morgan fingerprint density at radius 2 is 2.36 bits per heavy atom. The minimum absolute atomic E-state index is 0.0706. The smallest absolute Gasteiger partial charge is 0.244 e. The quantitative estimate of drug-likeness (QED) is 0.940. The minimum atomic E-state index is -0.488. The summed E-state index contributed by atoms with van der Waals surface area (Å²) in [6.07, 6.45) is 3.12. The van der Waals surface area contributed by atoms with E-state index in [1.807, 2.05) is 0 Å². The SMILES string of the molecule is CN(Cc1ccc(Cl)c(F)c1)C(=O)C1NCc2ncncc21. The Bertz CT molecular complexity index is 724. The Hall–Kier alpha value is -2.05. The van der Waals surface area contributed by atoms with Gasteiger partial charge in [-0.2, -0.15) is 0 Å². The van der Waals surface area contributed by atoms with Crippen LogP contribution in [0.2, 0.25) is 5.02 Å². The highest BCUT2D eigenvalue weighted by Crippen LogP contribution is 2.25. The molecular weight excluding hydrogens is 307 g/mol. The molecule has 1 unspecified atom stereocenters. The van der Waals surface area contributed by atoms with Crippen LogP contribution >= 0.6 is 11.6 Å². The van der Waals surface area contributed by atoms with E-state index in [0.29, 0.717) is 18.7 Å². The van der Waals surface area contributed by atoms with Crippen LogP contribution in [0.1, 0.15) is 22.9 Å². The van der Waals surface area contributed by atoms with Crippen molar-refractivity contribution in [1.82, 2.24) is 20.2 Å². The maximum Gasteiger partial charge on any atom is 0.244 e. The molecule has 1 aliphatic heterocycles. The molecule has 1 aromatic carbocycles. The van der Waals surface area contributed by atoms with E-state index in [-0.39, 0.29) is 10.9 Å². The van der Waals surface area contributed by atoms with Gasteiger partial charge in [-0.25, -0.2) is 14.4 Å². The van der Waals surface area contributed by atoms with E-state index in [1.165, 1.54) is 18.5 Å². The number of halogens is 2. The second-order valence-corrected chi connectivity index (χ2v) is 5.59. The van der Waals surface area contributed by atoms with Gasteiger partial charge in [-0.05, 0) is 17.7 Å². The standard InChI is InChI=1S/C15H14ClFN4O/c1-21(7-9-2-3-11(16)12(17)4-9)15(22)14-10-5-18-8-20-13(10)6-19-14/h2-5,8,14,19H,6-7H2,1H3. The van der Waals surface area contributed by atoms with Crippen molar-refractivity contribution >= 4 is 17.5 Å². The summed E-state index contributed by atoms with van der Waals surface area (Å²) in [4.78, 5) is 22.2. The fourth-order valence-electron chi connectivity index (χ4n) is 2.49. The molecule has 2 aromatic rings. The van der Waals surface area contributed by atoms with E-state index in [4.69, 9.17) is 11.6 Å². The van der Waals surface area contributed by atoms with Crippen LogP contribution in [0, 0.1) is 5.82 Å². The predicted octanol–water partition coefficient (Wildman–Crippen LogP) is 2.07. The van der Waals surface area contributed by atoms with Crippen molar-refractivity contribution in [3.8, 4) is 0 Å². The van der Waals surface area contributed by atoms with Gasteiger partial charge in [0, 0.05) is 31.9 Å². The molecule has 114 valence electrons. The summed E-state index contributed by atoms with van der Waals surface area (Å²) in [6, 6.07) is 4.07. The highest BCUT2D eigenvalue weighted by atomic mass is 35.5. The van der Waals surface area contributed by atoms with Crippen molar-refractivity contribution < 1.29 is 9.18 Å². The van der Waals surface area contributed by atoms with Crippen LogP contribution in [0.15, 0.2) is 30.7 Å². The summed E-state index contributed by atoms with van der Waals surface area (Å²) in [5, 5.41) is 3.19. The second-order valence-electron chi connectivity index (χ2n) is 5.18. The highest BCUT2D eigenvalue weighted by Gasteiger charge is 2.31. The molecule has 1 N–H and O–H groups in total. The number of likely N-dealkylation sites (N-methyl/N-ethyl adjacent to an activating group) is 1. The predicted molar refractivity (Wildman–Crippen MR) is 79.5 cm³/mol. The number of aromatic nitrogens is 2. The lowest BCUT2D eigenvalue weighted by Gasteiger charge is -2.21. The number of nitrogens with zero attached hydrogens (tertiary/aromatic N) is 3. The number of hydrogen-bond acceptors (Lipinski definition) is 4. The summed E-state index contributed by atoms with van der Waals surface area (Å²) in [7, 11) is 1.68. The van der Waals surface area contributed by atoms with Gasteiger partial charge in [0.1, 0.15) is 18.2 Å². The molecule has 22 heavy (non-hydrogen) atoms. The van der Waals surface area contributed by atoms with Crippen molar-refractivity contribution in [3.05, 3.63) is 58.4 Å². The van der Waals surface area contributed by atoms with Gasteiger partial charge in [0.05, 0.1) is 10.7 Å². The summed E-state index contributed by atoms with van der Waals surface area (Å²) >= 11 is 5.66. The highest BCUT2D eigenvalue weighted by molar-refractivity contribution is 6.30.